The van der Waals surface area contributed by atoms with Gasteiger partial charge in [-0.3, -0.25) is 0 Å². The van der Waals surface area contributed by atoms with E-state index in [9.17, 15) is 8.78 Å². The molecule has 0 spiro atoms. The van der Waals surface area contributed by atoms with Crippen LogP contribution in [0, 0.1) is 11.6 Å². The van der Waals surface area contributed by atoms with Gasteiger partial charge in [0.05, 0.1) is 6.10 Å². The molecule has 0 saturated carbocycles. The topological polar surface area (TPSA) is 21.3 Å². The van der Waals surface area contributed by atoms with E-state index in [0.717, 1.165) is 12.1 Å². The Balaban J connectivity index is 2.68. The third kappa shape index (κ3) is 3.16. The fourth-order valence-electron chi connectivity index (χ4n) is 1.17. The minimum Gasteiger partial charge on any atom is -0.380 e. The third-order valence-corrected chi connectivity index (χ3v) is 2.39. The van der Waals surface area contributed by atoms with Gasteiger partial charge >= 0.3 is 0 Å². The molecule has 0 aliphatic carbocycles. The van der Waals surface area contributed by atoms with E-state index in [-0.39, 0.29) is 12.1 Å². The van der Waals surface area contributed by atoms with E-state index in [1.54, 1.807) is 7.11 Å². The van der Waals surface area contributed by atoms with Crippen molar-refractivity contribution in [3.05, 3.63) is 29.8 Å². The van der Waals surface area contributed by atoms with E-state index >= 15 is 0 Å². The summed E-state index contributed by atoms with van der Waals surface area (Å²) in [6.07, 6.45) is -0.00175. The van der Waals surface area contributed by atoms with Crippen LogP contribution in [0.15, 0.2) is 18.2 Å². The first-order valence-electron chi connectivity index (χ1n) is 4.79. The highest BCUT2D eigenvalue weighted by molar-refractivity contribution is 5.44. The maximum Gasteiger partial charge on any atom is 0.160 e. The first-order chi connectivity index (χ1) is 7.04. The fourth-order valence-corrected chi connectivity index (χ4v) is 1.17. The zero-order valence-electron chi connectivity index (χ0n) is 9.05. The molecule has 0 saturated heterocycles. The van der Waals surface area contributed by atoms with Crippen molar-refractivity contribution < 1.29 is 13.5 Å². The molecule has 0 amide bonds. The first kappa shape index (κ1) is 11.9. The van der Waals surface area contributed by atoms with Crippen LogP contribution in [-0.4, -0.2) is 19.3 Å². The van der Waals surface area contributed by atoms with Crippen LogP contribution >= 0.6 is 0 Å². The lowest BCUT2D eigenvalue weighted by atomic mass is 10.2. The van der Waals surface area contributed by atoms with E-state index < -0.39 is 11.6 Å². The Hall–Kier alpha value is -1.16. The predicted molar refractivity (Wildman–Crippen MR) is 55.9 cm³/mol. The van der Waals surface area contributed by atoms with Gasteiger partial charge in [-0.1, -0.05) is 0 Å². The van der Waals surface area contributed by atoms with Crippen molar-refractivity contribution in [1.82, 2.24) is 0 Å². The summed E-state index contributed by atoms with van der Waals surface area (Å²) < 4.78 is 30.6. The van der Waals surface area contributed by atoms with Gasteiger partial charge in [0.25, 0.3) is 0 Å². The highest BCUT2D eigenvalue weighted by Gasteiger charge is 2.11. The van der Waals surface area contributed by atoms with Crippen LogP contribution in [0.1, 0.15) is 13.8 Å². The SMILES string of the molecule is COC(C)C(C)Nc1ccc(F)c(F)c1. The predicted octanol–water partition coefficient (Wildman–Crippen LogP) is 2.80. The van der Waals surface area contributed by atoms with Crippen molar-refractivity contribution in [2.45, 2.75) is 26.0 Å². The molecular formula is C11H15F2NO. The maximum absolute atomic E-state index is 12.9. The largest absolute Gasteiger partial charge is 0.380 e. The van der Waals surface area contributed by atoms with Crippen molar-refractivity contribution in [3.8, 4) is 0 Å². The monoisotopic (exact) mass is 215 g/mol. The van der Waals surface area contributed by atoms with Gasteiger partial charge in [-0.2, -0.15) is 0 Å². The third-order valence-electron chi connectivity index (χ3n) is 2.39. The number of halogens is 2. The number of nitrogens with one attached hydrogen (secondary N) is 1. The van der Waals surface area contributed by atoms with Crippen LogP contribution in [0.3, 0.4) is 0 Å². The molecule has 2 nitrogen and oxygen atoms in total. The van der Waals surface area contributed by atoms with Gasteiger partial charge in [-0.25, -0.2) is 8.78 Å². The van der Waals surface area contributed by atoms with E-state index in [1.807, 2.05) is 13.8 Å². The average Bonchev–Trinajstić information content (AvgIpc) is 2.22. The van der Waals surface area contributed by atoms with E-state index in [1.165, 1.54) is 6.07 Å². The van der Waals surface area contributed by atoms with Crippen molar-refractivity contribution in [1.29, 1.82) is 0 Å². The number of rotatable bonds is 4. The van der Waals surface area contributed by atoms with Crippen molar-refractivity contribution in [2.24, 2.45) is 0 Å². The van der Waals surface area contributed by atoms with Gasteiger partial charge in [0.15, 0.2) is 11.6 Å². The van der Waals surface area contributed by atoms with Gasteiger partial charge in [0.1, 0.15) is 0 Å². The minimum atomic E-state index is -0.850. The zero-order chi connectivity index (χ0) is 11.4. The van der Waals surface area contributed by atoms with Gasteiger partial charge in [0.2, 0.25) is 0 Å². The molecule has 1 N–H and O–H groups in total. The van der Waals surface area contributed by atoms with Crippen LogP contribution in [-0.2, 0) is 4.74 Å². The minimum absolute atomic E-state index is 0.00175. The standard InChI is InChI=1S/C11H15F2NO/c1-7(8(2)15-3)14-9-4-5-10(12)11(13)6-9/h4-8,14H,1-3H3. The summed E-state index contributed by atoms with van der Waals surface area (Å²) in [7, 11) is 1.61. The molecule has 84 valence electrons. The van der Waals surface area contributed by atoms with Crippen LogP contribution in [0.25, 0.3) is 0 Å². The Labute approximate surface area is 88.3 Å². The second-order valence-electron chi connectivity index (χ2n) is 3.50. The maximum atomic E-state index is 12.9. The Kier molecular flexibility index (Phi) is 4.03. The van der Waals surface area contributed by atoms with Crippen molar-refractivity contribution in [3.63, 3.8) is 0 Å². The van der Waals surface area contributed by atoms with Gasteiger partial charge in [-0.05, 0) is 26.0 Å². The number of benzene rings is 1. The molecule has 0 aliphatic rings. The number of ether oxygens (including phenoxy) is 1. The molecule has 15 heavy (non-hydrogen) atoms. The number of hydrogen-bond acceptors (Lipinski definition) is 2. The van der Waals surface area contributed by atoms with Gasteiger partial charge < -0.3 is 10.1 Å². The molecule has 4 heteroatoms. The smallest absolute Gasteiger partial charge is 0.160 e. The molecule has 0 aliphatic heterocycles. The van der Waals surface area contributed by atoms with Gasteiger partial charge in [-0.15, -0.1) is 0 Å². The number of hydrogen-bond donors (Lipinski definition) is 1. The average molecular weight is 215 g/mol. The van der Waals surface area contributed by atoms with Crippen LogP contribution < -0.4 is 5.32 Å². The zero-order valence-corrected chi connectivity index (χ0v) is 9.05. The highest BCUT2D eigenvalue weighted by Crippen LogP contribution is 2.15. The first-order valence-corrected chi connectivity index (χ1v) is 4.79. The van der Waals surface area contributed by atoms with Crippen LogP contribution in [0.2, 0.25) is 0 Å². The Morgan fingerprint density at radius 2 is 1.87 bits per heavy atom. The summed E-state index contributed by atoms with van der Waals surface area (Å²) in [4.78, 5) is 0. The normalized spacial score (nSPS) is 14.7. The Bertz CT molecular complexity index is 330. The number of methoxy groups -OCH3 is 1. The van der Waals surface area contributed by atoms with Crippen molar-refractivity contribution in [2.75, 3.05) is 12.4 Å². The van der Waals surface area contributed by atoms with Crippen molar-refractivity contribution >= 4 is 5.69 Å². The lowest BCUT2D eigenvalue weighted by Crippen LogP contribution is -2.29. The lowest BCUT2D eigenvalue weighted by Gasteiger charge is -2.21. The fraction of sp³-hybridized carbons (Fsp3) is 0.455. The molecular weight excluding hydrogens is 200 g/mol. The van der Waals surface area contributed by atoms with Crippen LogP contribution in [0.5, 0.6) is 0 Å². The second-order valence-corrected chi connectivity index (χ2v) is 3.50. The molecule has 0 bridgehead atoms. The quantitative estimate of drug-likeness (QED) is 0.833. The molecule has 1 rings (SSSR count). The van der Waals surface area contributed by atoms with E-state index in [2.05, 4.69) is 5.32 Å². The summed E-state index contributed by atoms with van der Waals surface area (Å²) in [5.41, 5.74) is 0.547. The highest BCUT2D eigenvalue weighted by atomic mass is 19.2. The molecule has 0 heterocycles. The van der Waals surface area contributed by atoms with Crippen LogP contribution in [0.4, 0.5) is 14.5 Å². The molecule has 2 unspecified atom stereocenters. The molecule has 2 atom stereocenters. The second kappa shape index (κ2) is 5.07. The van der Waals surface area contributed by atoms with Gasteiger partial charge in [0, 0.05) is 24.9 Å². The summed E-state index contributed by atoms with van der Waals surface area (Å²) >= 11 is 0. The summed E-state index contributed by atoms with van der Waals surface area (Å²) in [6, 6.07) is 3.76. The lowest BCUT2D eigenvalue weighted by molar-refractivity contribution is 0.106. The molecule has 0 aromatic heterocycles. The Morgan fingerprint density at radius 3 is 2.40 bits per heavy atom. The molecule has 0 fully saturated rings. The molecule has 0 radical (unpaired) electrons. The molecule has 1 aromatic carbocycles. The summed E-state index contributed by atoms with van der Waals surface area (Å²) in [5, 5.41) is 3.03. The summed E-state index contributed by atoms with van der Waals surface area (Å²) in [6.45, 7) is 3.81. The molecule has 1 aromatic rings. The van der Waals surface area contributed by atoms with E-state index in [4.69, 9.17) is 4.74 Å². The number of anilines is 1. The Morgan fingerprint density at radius 1 is 1.20 bits per heavy atom. The summed E-state index contributed by atoms with van der Waals surface area (Å²) in [5.74, 6) is -1.69. The van der Waals surface area contributed by atoms with E-state index in [0.29, 0.717) is 5.69 Å².